The summed E-state index contributed by atoms with van der Waals surface area (Å²) in [5.74, 6) is 0.493. The summed E-state index contributed by atoms with van der Waals surface area (Å²) in [6, 6.07) is 11.0. The lowest BCUT2D eigenvalue weighted by Crippen LogP contribution is -2.42. The number of hydrazone groups is 1. The standard InChI is InChI=1S/C25H32N4O5/c1-4-33-23-14-20(15-26-28-24(30)16-29-9-11-32-12-10-29)6-8-22(23)34-17-25(31)27-21-7-5-18(2)19(3)13-21/h5-8,13-15H,4,9-12,16-17H2,1-3H3,(H,27,31)(H,28,30)/b26-15+. The molecule has 2 aromatic carbocycles. The first-order chi connectivity index (χ1) is 16.4. The van der Waals surface area contributed by atoms with E-state index in [0.29, 0.717) is 31.3 Å². The Morgan fingerprint density at radius 2 is 1.82 bits per heavy atom. The van der Waals surface area contributed by atoms with Crippen molar-refractivity contribution in [2.45, 2.75) is 20.8 Å². The Kier molecular flexibility index (Phi) is 9.42. The number of ether oxygens (including phenoxy) is 3. The molecule has 1 heterocycles. The Morgan fingerprint density at radius 3 is 2.56 bits per heavy atom. The number of amides is 2. The van der Waals surface area contributed by atoms with Gasteiger partial charge in [0.05, 0.1) is 32.6 Å². The van der Waals surface area contributed by atoms with E-state index < -0.39 is 0 Å². The minimum Gasteiger partial charge on any atom is -0.490 e. The van der Waals surface area contributed by atoms with E-state index in [-0.39, 0.29) is 25.0 Å². The Morgan fingerprint density at radius 1 is 1.03 bits per heavy atom. The van der Waals surface area contributed by atoms with Crippen LogP contribution in [0.3, 0.4) is 0 Å². The van der Waals surface area contributed by atoms with Crippen LogP contribution < -0.4 is 20.2 Å². The molecule has 3 rings (SSSR count). The van der Waals surface area contributed by atoms with Gasteiger partial charge in [-0.3, -0.25) is 14.5 Å². The van der Waals surface area contributed by atoms with Crippen LogP contribution in [0.25, 0.3) is 0 Å². The first-order valence-electron chi connectivity index (χ1n) is 11.3. The molecule has 0 radical (unpaired) electrons. The maximum atomic E-state index is 12.3. The van der Waals surface area contributed by atoms with Gasteiger partial charge in [-0.2, -0.15) is 5.10 Å². The van der Waals surface area contributed by atoms with E-state index in [2.05, 4.69) is 15.8 Å². The molecule has 182 valence electrons. The van der Waals surface area contributed by atoms with Crippen molar-refractivity contribution in [3.63, 3.8) is 0 Å². The second-order valence-electron chi connectivity index (χ2n) is 7.96. The average molecular weight is 469 g/mol. The molecule has 1 fully saturated rings. The highest BCUT2D eigenvalue weighted by Crippen LogP contribution is 2.28. The van der Waals surface area contributed by atoms with Gasteiger partial charge in [-0.05, 0) is 67.8 Å². The molecule has 1 aliphatic rings. The Balaban J connectivity index is 1.53. The van der Waals surface area contributed by atoms with Crippen LogP contribution in [0.2, 0.25) is 0 Å². The number of hydrogen-bond acceptors (Lipinski definition) is 7. The fourth-order valence-electron chi connectivity index (χ4n) is 3.33. The second kappa shape index (κ2) is 12.7. The molecule has 34 heavy (non-hydrogen) atoms. The molecule has 0 spiro atoms. The Labute approximate surface area is 200 Å². The number of aryl methyl sites for hydroxylation is 2. The summed E-state index contributed by atoms with van der Waals surface area (Å²) in [5.41, 5.74) is 6.25. The van der Waals surface area contributed by atoms with Gasteiger partial charge >= 0.3 is 0 Å². The van der Waals surface area contributed by atoms with Crippen LogP contribution in [0.1, 0.15) is 23.6 Å². The van der Waals surface area contributed by atoms with E-state index >= 15 is 0 Å². The summed E-state index contributed by atoms with van der Waals surface area (Å²) in [6.07, 6.45) is 1.54. The van der Waals surface area contributed by atoms with Gasteiger partial charge < -0.3 is 19.5 Å². The van der Waals surface area contributed by atoms with Crippen molar-refractivity contribution < 1.29 is 23.8 Å². The number of nitrogens with one attached hydrogen (secondary N) is 2. The fourth-order valence-corrected chi connectivity index (χ4v) is 3.33. The van der Waals surface area contributed by atoms with E-state index in [0.717, 1.165) is 35.5 Å². The first-order valence-corrected chi connectivity index (χ1v) is 11.3. The van der Waals surface area contributed by atoms with Crippen LogP contribution in [0.4, 0.5) is 5.69 Å². The highest BCUT2D eigenvalue weighted by Gasteiger charge is 2.14. The number of rotatable bonds is 10. The molecule has 0 saturated carbocycles. The lowest BCUT2D eigenvalue weighted by atomic mass is 10.1. The van der Waals surface area contributed by atoms with Crippen molar-refractivity contribution >= 4 is 23.7 Å². The summed E-state index contributed by atoms with van der Waals surface area (Å²) in [6.45, 7) is 9.18. The van der Waals surface area contributed by atoms with Gasteiger partial charge in [-0.15, -0.1) is 0 Å². The molecule has 0 aliphatic carbocycles. The minimum atomic E-state index is -0.265. The van der Waals surface area contributed by atoms with E-state index in [1.807, 2.05) is 43.9 Å². The number of nitrogens with zero attached hydrogens (tertiary/aromatic N) is 2. The normalized spacial score (nSPS) is 14.1. The topological polar surface area (TPSA) is 101 Å². The molecule has 9 heteroatoms. The van der Waals surface area contributed by atoms with Crippen molar-refractivity contribution in [1.29, 1.82) is 0 Å². The minimum absolute atomic E-state index is 0.155. The third-order valence-corrected chi connectivity index (χ3v) is 5.29. The molecule has 1 aliphatic heterocycles. The lowest BCUT2D eigenvalue weighted by molar-refractivity contribution is -0.123. The highest BCUT2D eigenvalue weighted by atomic mass is 16.5. The Bertz CT molecular complexity index is 1020. The van der Waals surface area contributed by atoms with E-state index in [1.54, 1.807) is 18.2 Å². The van der Waals surface area contributed by atoms with Crippen LogP contribution in [-0.2, 0) is 14.3 Å². The molecule has 2 amide bonds. The number of anilines is 1. The van der Waals surface area contributed by atoms with Gasteiger partial charge in [0.15, 0.2) is 18.1 Å². The van der Waals surface area contributed by atoms with Gasteiger partial charge in [0.1, 0.15) is 0 Å². The summed E-state index contributed by atoms with van der Waals surface area (Å²) >= 11 is 0. The molecule has 0 unspecified atom stereocenters. The zero-order valence-corrected chi connectivity index (χ0v) is 19.9. The first kappa shape index (κ1) is 25.2. The van der Waals surface area contributed by atoms with Crippen LogP contribution in [-0.4, -0.2) is 69.0 Å². The zero-order chi connectivity index (χ0) is 24.3. The second-order valence-corrected chi connectivity index (χ2v) is 7.96. The molecule has 2 N–H and O–H groups in total. The van der Waals surface area contributed by atoms with Crippen LogP contribution in [0.15, 0.2) is 41.5 Å². The zero-order valence-electron chi connectivity index (χ0n) is 19.9. The van der Waals surface area contributed by atoms with Crippen LogP contribution >= 0.6 is 0 Å². The van der Waals surface area contributed by atoms with Crippen molar-refractivity contribution in [3.8, 4) is 11.5 Å². The number of benzene rings is 2. The van der Waals surface area contributed by atoms with Gasteiger partial charge in [0.25, 0.3) is 11.8 Å². The summed E-state index contributed by atoms with van der Waals surface area (Å²) in [7, 11) is 0. The van der Waals surface area contributed by atoms with E-state index in [4.69, 9.17) is 14.2 Å². The lowest BCUT2D eigenvalue weighted by Gasteiger charge is -2.25. The van der Waals surface area contributed by atoms with Crippen molar-refractivity contribution in [2.75, 3.05) is 51.4 Å². The molecule has 0 atom stereocenters. The maximum Gasteiger partial charge on any atom is 0.262 e. The average Bonchev–Trinajstić information content (AvgIpc) is 2.82. The van der Waals surface area contributed by atoms with Gasteiger partial charge in [0.2, 0.25) is 0 Å². The van der Waals surface area contributed by atoms with E-state index in [1.165, 1.54) is 6.21 Å². The quantitative estimate of drug-likeness (QED) is 0.410. The predicted molar refractivity (Wildman–Crippen MR) is 131 cm³/mol. The summed E-state index contributed by atoms with van der Waals surface area (Å²) < 4.78 is 16.6. The molecule has 2 aromatic rings. The number of carbonyl (C=O) groups excluding carboxylic acids is 2. The molecule has 1 saturated heterocycles. The number of carbonyl (C=O) groups is 2. The number of morpholine rings is 1. The summed E-state index contributed by atoms with van der Waals surface area (Å²) in [5, 5.41) is 6.86. The number of hydrogen-bond donors (Lipinski definition) is 2. The monoisotopic (exact) mass is 468 g/mol. The highest BCUT2D eigenvalue weighted by molar-refractivity contribution is 5.92. The SMILES string of the molecule is CCOc1cc(/C=N/NC(=O)CN2CCOCC2)ccc1OCC(=O)Nc1ccc(C)c(C)c1. The predicted octanol–water partition coefficient (Wildman–Crippen LogP) is 2.50. The van der Waals surface area contributed by atoms with Crippen molar-refractivity contribution in [2.24, 2.45) is 5.10 Å². The van der Waals surface area contributed by atoms with Crippen molar-refractivity contribution in [3.05, 3.63) is 53.1 Å². The van der Waals surface area contributed by atoms with Crippen LogP contribution in [0.5, 0.6) is 11.5 Å². The Hall–Kier alpha value is -3.43. The smallest absolute Gasteiger partial charge is 0.262 e. The third-order valence-electron chi connectivity index (χ3n) is 5.29. The molecule has 0 bridgehead atoms. The van der Waals surface area contributed by atoms with E-state index in [9.17, 15) is 9.59 Å². The van der Waals surface area contributed by atoms with Crippen molar-refractivity contribution in [1.82, 2.24) is 10.3 Å². The molecular formula is C25H32N4O5. The van der Waals surface area contributed by atoms with Gasteiger partial charge in [-0.25, -0.2) is 5.43 Å². The van der Waals surface area contributed by atoms with Gasteiger partial charge in [-0.1, -0.05) is 6.07 Å². The summed E-state index contributed by atoms with van der Waals surface area (Å²) in [4.78, 5) is 26.4. The fraction of sp³-hybridized carbons (Fsp3) is 0.400. The van der Waals surface area contributed by atoms with Gasteiger partial charge in [0, 0.05) is 18.8 Å². The third kappa shape index (κ3) is 7.86. The molecular weight excluding hydrogens is 436 g/mol. The van der Waals surface area contributed by atoms with Crippen LogP contribution in [0, 0.1) is 13.8 Å². The molecule has 0 aromatic heterocycles. The molecule has 9 nitrogen and oxygen atoms in total. The maximum absolute atomic E-state index is 12.3. The largest absolute Gasteiger partial charge is 0.490 e.